The van der Waals surface area contributed by atoms with Crippen molar-refractivity contribution in [3.63, 3.8) is 0 Å². The predicted molar refractivity (Wildman–Crippen MR) is 133 cm³/mol. The number of nitrogens with one attached hydrogen (secondary N) is 1. The summed E-state index contributed by atoms with van der Waals surface area (Å²) in [7, 11) is 0. The van der Waals surface area contributed by atoms with E-state index < -0.39 is 6.17 Å². The Morgan fingerprint density at radius 2 is 1.83 bits per heavy atom. The van der Waals surface area contributed by atoms with Crippen molar-refractivity contribution in [2.24, 2.45) is 5.10 Å². The van der Waals surface area contributed by atoms with Crippen LogP contribution in [0, 0.1) is 0 Å². The molecule has 1 unspecified atom stereocenters. The summed E-state index contributed by atoms with van der Waals surface area (Å²) < 4.78 is 5.44. The van der Waals surface area contributed by atoms with Crippen molar-refractivity contribution in [2.45, 2.75) is 38.8 Å². The lowest BCUT2D eigenvalue weighted by Gasteiger charge is -2.31. The van der Waals surface area contributed by atoms with Crippen LogP contribution in [0.2, 0.25) is 0 Å². The first-order valence-electron chi connectivity index (χ1n) is 12.2. The van der Waals surface area contributed by atoms with E-state index in [0.29, 0.717) is 35.9 Å². The Labute approximate surface area is 204 Å². The molecule has 3 aliphatic rings. The van der Waals surface area contributed by atoms with E-state index in [0.717, 1.165) is 44.8 Å². The van der Waals surface area contributed by atoms with Crippen LogP contribution in [0.25, 0.3) is 0 Å². The average molecular weight is 481 g/mol. The van der Waals surface area contributed by atoms with Crippen molar-refractivity contribution in [3.8, 4) is 11.5 Å². The number of pyridine rings is 1. The van der Waals surface area contributed by atoms with Gasteiger partial charge in [-0.2, -0.15) is 5.10 Å². The van der Waals surface area contributed by atoms with Crippen LogP contribution >= 0.6 is 0 Å². The van der Waals surface area contributed by atoms with Crippen LogP contribution in [0.1, 0.15) is 43.7 Å². The molecule has 3 N–H and O–H groups in total. The zero-order valence-corrected chi connectivity index (χ0v) is 20.1. The van der Waals surface area contributed by atoms with Crippen LogP contribution in [0.5, 0.6) is 11.5 Å². The molecule has 35 heavy (non-hydrogen) atoms. The Kier molecular flexibility index (Phi) is 6.38. The van der Waals surface area contributed by atoms with Gasteiger partial charge in [0.15, 0.2) is 5.84 Å². The molecule has 1 aromatic heterocycles. The topological polar surface area (TPSA) is 114 Å². The highest BCUT2D eigenvalue weighted by atomic mass is 16.5. The molecule has 0 saturated carbocycles. The summed E-state index contributed by atoms with van der Waals surface area (Å²) in [5.74, 6) is 1.14. The number of ether oxygens (including phenoxy) is 1. The number of hydrogen-bond acceptors (Lipinski definition) is 9. The molecule has 5 rings (SSSR count). The van der Waals surface area contributed by atoms with Crippen molar-refractivity contribution in [2.75, 3.05) is 49.2 Å². The number of hydrazone groups is 1. The second-order valence-electron chi connectivity index (χ2n) is 9.43. The molecule has 186 valence electrons. The summed E-state index contributed by atoms with van der Waals surface area (Å²) in [6.07, 6.45) is 2.95. The number of likely N-dealkylation sites (tertiary alicyclic amines) is 1. The Morgan fingerprint density at radius 3 is 2.49 bits per heavy atom. The summed E-state index contributed by atoms with van der Waals surface area (Å²) in [5.41, 5.74) is 4.80. The monoisotopic (exact) mass is 480 g/mol. The molecule has 1 aromatic carbocycles. The van der Waals surface area contributed by atoms with Gasteiger partial charge in [-0.1, -0.05) is 13.8 Å². The Hall–Kier alpha value is -3.53. The van der Waals surface area contributed by atoms with Crippen molar-refractivity contribution in [1.29, 1.82) is 0 Å². The fourth-order valence-electron chi connectivity index (χ4n) is 4.83. The van der Waals surface area contributed by atoms with Gasteiger partial charge in [0, 0.05) is 32.2 Å². The predicted octanol–water partition coefficient (Wildman–Crippen LogP) is 2.17. The SMILES string of the molecule is CC(C)c1cc(C2=NNC(C(=O)N3CCCC3)N2c2ccc(N3CCOCC3)nc2)c(O)cc1O. The van der Waals surface area contributed by atoms with Crippen molar-refractivity contribution < 1.29 is 19.7 Å². The maximum atomic E-state index is 13.4. The summed E-state index contributed by atoms with van der Waals surface area (Å²) in [6, 6.07) is 6.93. The van der Waals surface area contributed by atoms with Crippen LogP contribution < -0.4 is 15.2 Å². The van der Waals surface area contributed by atoms with Gasteiger partial charge in [-0.15, -0.1) is 0 Å². The molecular weight excluding hydrogens is 448 g/mol. The van der Waals surface area contributed by atoms with Crippen LogP contribution in [-0.4, -0.2) is 77.4 Å². The lowest BCUT2D eigenvalue weighted by atomic mass is 9.98. The molecule has 0 radical (unpaired) electrons. The Balaban J connectivity index is 1.52. The van der Waals surface area contributed by atoms with Gasteiger partial charge in [-0.3, -0.25) is 15.1 Å². The summed E-state index contributed by atoms with van der Waals surface area (Å²) >= 11 is 0. The van der Waals surface area contributed by atoms with E-state index in [1.807, 2.05) is 30.9 Å². The molecule has 10 nitrogen and oxygen atoms in total. The standard InChI is InChI=1S/C25H32N6O4/c1-16(2)18-13-19(21(33)14-20(18)32)23-27-28-24(25(34)30-7-3-4-8-30)31(23)17-5-6-22(26-15-17)29-9-11-35-12-10-29/h5-6,13-16,24,28,32-33H,3-4,7-12H2,1-2H3. The van der Waals surface area contributed by atoms with Crippen LogP contribution in [0.3, 0.4) is 0 Å². The van der Waals surface area contributed by atoms with E-state index in [2.05, 4.69) is 20.4 Å². The van der Waals surface area contributed by atoms with E-state index in [9.17, 15) is 15.0 Å². The number of aromatic nitrogens is 1. The van der Waals surface area contributed by atoms with E-state index in [4.69, 9.17) is 4.74 Å². The number of aromatic hydroxyl groups is 2. The fraction of sp³-hybridized carbons (Fsp3) is 0.480. The first kappa shape index (κ1) is 23.2. The number of amides is 1. The Bertz CT molecular complexity index is 1110. The van der Waals surface area contributed by atoms with Crippen LogP contribution in [0.15, 0.2) is 35.6 Å². The molecule has 10 heteroatoms. The molecule has 4 heterocycles. The summed E-state index contributed by atoms with van der Waals surface area (Å²) in [5, 5.41) is 25.6. The van der Waals surface area contributed by atoms with E-state index in [1.54, 1.807) is 17.2 Å². The lowest BCUT2D eigenvalue weighted by Crippen LogP contribution is -2.52. The molecular formula is C25H32N6O4. The maximum Gasteiger partial charge on any atom is 0.267 e. The number of anilines is 2. The number of rotatable bonds is 5. The molecule has 3 aliphatic heterocycles. The Morgan fingerprint density at radius 1 is 1.09 bits per heavy atom. The number of amidine groups is 1. The molecule has 0 aliphatic carbocycles. The number of phenolic OH excluding ortho intramolecular Hbond substituents is 2. The first-order valence-corrected chi connectivity index (χ1v) is 12.2. The summed E-state index contributed by atoms with van der Waals surface area (Å²) in [4.78, 5) is 23.9. The van der Waals surface area contributed by atoms with Gasteiger partial charge in [0.1, 0.15) is 17.3 Å². The summed E-state index contributed by atoms with van der Waals surface area (Å²) in [6.45, 7) is 8.26. The quantitative estimate of drug-likeness (QED) is 0.597. The van der Waals surface area contributed by atoms with Gasteiger partial charge < -0.3 is 24.7 Å². The number of carbonyl (C=O) groups is 1. The number of phenols is 2. The van der Waals surface area contributed by atoms with Crippen molar-refractivity contribution in [3.05, 3.63) is 41.6 Å². The van der Waals surface area contributed by atoms with Gasteiger partial charge in [-0.05, 0) is 42.5 Å². The second kappa shape index (κ2) is 9.61. The van der Waals surface area contributed by atoms with Crippen LogP contribution in [0.4, 0.5) is 11.5 Å². The lowest BCUT2D eigenvalue weighted by molar-refractivity contribution is -0.131. The van der Waals surface area contributed by atoms with E-state index >= 15 is 0 Å². The zero-order valence-electron chi connectivity index (χ0n) is 20.1. The van der Waals surface area contributed by atoms with E-state index in [-0.39, 0.29) is 23.3 Å². The largest absolute Gasteiger partial charge is 0.508 e. The van der Waals surface area contributed by atoms with Crippen molar-refractivity contribution in [1.82, 2.24) is 15.3 Å². The van der Waals surface area contributed by atoms with Crippen molar-refractivity contribution >= 4 is 23.2 Å². The molecule has 2 fully saturated rings. The number of carbonyl (C=O) groups excluding carboxylic acids is 1. The van der Waals surface area contributed by atoms with Gasteiger partial charge in [0.05, 0.1) is 30.7 Å². The third-order valence-electron chi connectivity index (χ3n) is 6.78. The minimum atomic E-state index is -0.755. The fourth-order valence-corrected chi connectivity index (χ4v) is 4.83. The van der Waals surface area contributed by atoms with Gasteiger partial charge >= 0.3 is 0 Å². The number of nitrogens with zero attached hydrogens (tertiary/aromatic N) is 5. The van der Waals surface area contributed by atoms with Gasteiger partial charge in [0.2, 0.25) is 6.17 Å². The molecule has 1 amide bonds. The zero-order chi connectivity index (χ0) is 24.5. The maximum absolute atomic E-state index is 13.4. The highest BCUT2D eigenvalue weighted by molar-refractivity contribution is 6.15. The molecule has 0 bridgehead atoms. The third kappa shape index (κ3) is 4.45. The van der Waals surface area contributed by atoms with Gasteiger partial charge in [0.25, 0.3) is 5.91 Å². The second-order valence-corrected chi connectivity index (χ2v) is 9.43. The number of benzene rings is 1. The minimum Gasteiger partial charge on any atom is -0.508 e. The molecule has 2 aromatic rings. The third-order valence-corrected chi connectivity index (χ3v) is 6.78. The first-order chi connectivity index (χ1) is 16.9. The molecule has 0 spiro atoms. The number of morpholine rings is 1. The molecule has 1 atom stereocenters. The van der Waals surface area contributed by atoms with E-state index in [1.165, 1.54) is 6.07 Å². The highest BCUT2D eigenvalue weighted by Crippen LogP contribution is 2.35. The number of hydrogen-bond donors (Lipinski definition) is 3. The highest BCUT2D eigenvalue weighted by Gasteiger charge is 2.39. The smallest absolute Gasteiger partial charge is 0.267 e. The minimum absolute atomic E-state index is 0.0283. The average Bonchev–Trinajstić information content (AvgIpc) is 3.55. The molecule has 2 saturated heterocycles. The van der Waals surface area contributed by atoms with Gasteiger partial charge in [-0.25, -0.2) is 4.98 Å². The van der Waals surface area contributed by atoms with Crippen LogP contribution in [-0.2, 0) is 9.53 Å². The normalized spacial score (nSPS) is 20.4.